The molecule has 156 valence electrons. The van der Waals surface area contributed by atoms with E-state index in [2.05, 4.69) is 12.2 Å². The fourth-order valence-corrected chi connectivity index (χ4v) is 4.27. The van der Waals surface area contributed by atoms with Gasteiger partial charge in [-0.05, 0) is 37.0 Å². The molecule has 0 unspecified atom stereocenters. The van der Waals surface area contributed by atoms with Crippen molar-refractivity contribution in [1.82, 2.24) is 9.62 Å². The average molecular weight is 413 g/mol. The Balaban J connectivity index is 2.05. The van der Waals surface area contributed by atoms with Crippen LogP contribution in [0.15, 0.2) is 23.1 Å². The van der Waals surface area contributed by atoms with E-state index in [0.29, 0.717) is 5.92 Å². The minimum Gasteiger partial charge on any atom is -0.495 e. The van der Waals surface area contributed by atoms with Gasteiger partial charge in [0.05, 0.1) is 12.7 Å². The zero-order chi connectivity index (χ0) is 20.9. The summed E-state index contributed by atoms with van der Waals surface area (Å²) in [4.78, 5) is 24.3. The van der Waals surface area contributed by atoms with Crippen LogP contribution in [0.3, 0.4) is 0 Å². The molecule has 8 nitrogen and oxygen atoms in total. The number of hydrogen-bond acceptors (Lipinski definition) is 6. The molecule has 0 radical (unpaired) electrons. The number of nitrogens with zero attached hydrogens (tertiary/aromatic N) is 1. The van der Waals surface area contributed by atoms with Crippen LogP contribution >= 0.6 is 0 Å². The van der Waals surface area contributed by atoms with E-state index in [0.717, 1.165) is 30.0 Å². The predicted molar refractivity (Wildman–Crippen MR) is 104 cm³/mol. The highest BCUT2D eigenvalue weighted by Crippen LogP contribution is 2.27. The second kappa shape index (κ2) is 9.38. The van der Waals surface area contributed by atoms with Crippen LogP contribution in [0.1, 0.15) is 43.0 Å². The van der Waals surface area contributed by atoms with Crippen molar-refractivity contribution in [2.75, 3.05) is 27.8 Å². The van der Waals surface area contributed by atoms with Gasteiger partial charge in [0.15, 0.2) is 6.61 Å². The van der Waals surface area contributed by atoms with E-state index in [1.165, 1.54) is 39.4 Å². The molecule has 28 heavy (non-hydrogen) atoms. The van der Waals surface area contributed by atoms with Gasteiger partial charge in [0.2, 0.25) is 10.0 Å². The van der Waals surface area contributed by atoms with Gasteiger partial charge in [0.25, 0.3) is 5.91 Å². The third-order valence-electron chi connectivity index (χ3n) is 4.95. The van der Waals surface area contributed by atoms with Crippen LogP contribution in [0.2, 0.25) is 0 Å². The lowest BCUT2D eigenvalue weighted by atomic mass is 9.86. The molecule has 1 amide bonds. The van der Waals surface area contributed by atoms with E-state index in [-0.39, 0.29) is 28.2 Å². The number of nitrogens with one attached hydrogen (secondary N) is 1. The number of methoxy groups -OCH3 is 1. The Bertz CT molecular complexity index is 822. The lowest BCUT2D eigenvalue weighted by Crippen LogP contribution is -2.42. The van der Waals surface area contributed by atoms with Crippen LogP contribution in [0.5, 0.6) is 5.75 Å². The normalized spacial score (nSPS) is 19.9. The fourth-order valence-electron chi connectivity index (χ4n) is 3.20. The Morgan fingerprint density at radius 3 is 2.50 bits per heavy atom. The van der Waals surface area contributed by atoms with Gasteiger partial charge in [-0.2, -0.15) is 0 Å². The number of carbonyl (C=O) groups is 2. The van der Waals surface area contributed by atoms with Crippen molar-refractivity contribution in [2.45, 2.75) is 43.5 Å². The van der Waals surface area contributed by atoms with E-state index < -0.39 is 22.6 Å². The molecule has 1 fully saturated rings. The summed E-state index contributed by atoms with van der Waals surface area (Å²) < 4.78 is 36.1. The zero-order valence-electron chi connectivity index (χ0n) is 16.7. The molecule has 1 aliphatic carbocycles. The predicted octanol–water partition coefficient (Wildman–Crippen LogP) is 1.80. The molecule has 9 heteroatoms. The summed E-state index contributed by atoms with van der Waals surface area (Å²) in [5.41, 5.74) is 0.0278. The number of hydrogen-bond donors (Lipinski definition) is 1. The maximum Gasteiger partial charge on any atom is 0.338 e. The maximum absolute atomic E-state index is 12.4. The average Bonchev–Trinajstić information content (AvgIpc) is 2.67. The van der Waals surface area contributed by atoms with Crippen molar-refractivity contribution in [2.24, 2.45) is 5.92 Å². The Kier molecular flexibility index (Phi) is 7.42. The van der Waals surface area contributed by atoms with Crippen LogP contribution in [0.25, 0.3) is 0 Å². The number of esters is 1. The summed E-state index contributed by atoms with van der Waals surface area (Å²) in [6, 6.07) is 4.07. The fraction of sp³-hybridized carbons (Fsp3) is 0.579. The molecule has 0 spiro atoms. The summed E-state index contributed by atoms with van der Waals surface area (Å²) in [7, 11) is 0.305. The molecule has 0 aliphatic heterocycles. The topological polar surface area (TPSA) is 102 Å². The quantitative estimate of drug-likeness (QED) is 0.685. The minimum absolute atomic E-state index is 0.0278. The third kappa shape index (κ3) is 5.23. The van der Waals surface area contributed by atoms with Crippen LogP contribution in [-0.4, -0.2) is 58.5 Å². The minimum atomic E-state index is -3.81. The second-order valence-corrected chi connectivity index (χ2v) is 9.29. The number of rotatable bonds is 7. The van der Waals surface area contributed by atoms with Gasteiger partial charge in [0, 0.05) is 20.1 Å². The molecule has 0 bridgehead atoms. The summed E-state index contributed by atoms with van der Waals surface area (Å²) in [6.07, 6.45) is 4.23. The molecule has 1 aromatic rings. The third-order valence-corrected chi connectivity index (χ3v) is 6.79. The van der Waals surface area contributed by atoms with Gasteiger partial charge in [-0.3, -0.25) is 4.79 Å². The molecule has 0 saturated heterocycles. The summed E-state index contributed by atoms with van der Waals surface area (Å²) >= 11 is 0. The Labute approximate surface area is 166 Å². The number of carbonyl (C=O) groups excluding carboxylic acids is 2. The number of ether oxygens (including phenoxy) is 2. The molecule has 0 heterocycles. The highest BCUT2D eigenvalue weighted by atomic mass is 32.2. The molecule has 1 saturated carbocycles. The lowest BCUT2D eigenvalue weighted by Gasteiger charge is -2.29. The van der Waals surface area contributed by atoms with Gasteiger partial charge < -0.3 is 14.8 Å². The van der Waals surface area contributed by atoms with Gasteiger partial charge in [-0.1, -0.05) is 19.8 Å². The van der Waals surface area contributed by atoms with Gasteiger partial charge >= 0.3 is 5.97 Å². The highest BCUT2D eigenvalue weighted by Gasteiger charge is 2.25. The van der Waals surface area contributed by atoms with Gasteiger partial charge in [0.1, 0.15) is 10.6 Å². The molecule has 1 aromatic carbocycles. The first-order chi connectivity index (χ1) is 13.2. The SMILES string of the molecule is COc1ccc(C(=O)OCC(=O)N[C@H]2CCCC[C@@H]2C)cc1S(=O)(=O)N(C)C. The molecule has 2 rings (SSSR count). The maximum atomic E-state index is 12.4. The first-order valence-electron chi connectivity index (χ1n) is 9.24. The molecule has 1 N–H and O–H groups in total. The first kappa shape index (κ1) is 22.2. The van der Waals surface area contributed by atoms with Crippen molar-refractivity contribution >= 4 is 21.9 Å². The van der Waals surface area contributed by atoms with E-state index in [1.807, 2.05) is 0 Å². The number of benzene rings is 1. The van der Waals surface area contributed by atoms with Crippen molar-refractivity contribution in [3.8, 4) is 5.75 Å². The Morgan fingerprint density at radius 2 is 1.89 bits per heavy atom. The largest absolute Gasteiger partial charge is 0.495 e. The molecule has 0 aromatic heterocycles. The Morgan fingerprint density at radius 1 is 1.21 bits per heavy atom. The van der Waals surface area contributed by atoms with Crippen molar-refractivity contribution < 1.29 is 27.5 Å². The second-order valence-electron chi connectivity index (χ2n) is 7.16. The standard InChI is InChI=1S/C19H28N2O6S/c1-13-7-5-6-8-15(13)20-18(22)12-27-19(23)14-9-10-16(26-4)17(11-14)28(24,25)21(2)3/h9-11,13,15H,5-8,12H2,1-4H3,(H,20,22)/t13-,15-/m0/s1. The van der Waals surface area contributed by atoms with Crippen LogP contribution in [0.4, 0.5) is 0 Å². The highest BCUT2D eigenvalue weighted by molar-refractivity contribution is 7.89. The lowest BCUT2D eigenvalue weighted by molar-refractivity contribution is -0.125. The van der Waals surface area contributed by atoms with Crippen molar-refractivity contribution in [1.29, 1.82) is 0 Å². The number of sulfonamides is 1. The molecular formula is C19H28N2O6S. The van der Waals surface area contributed by atoms with Crippen molar-refractivity contribution in [3.63, 3.8) is 0 Å². The number of amides is 1. The first-order valence-corrected chi connectivity index (χ1v) is 10.7. The van der Waals surface area contributed by atoms with E-state index >= 15 is 0 Å². The smallest absolute Gasteiger partial charge is 0.338 e. The summed E-state index contributed by atoms with van der Waals surface area (Å²) in [5, 5.41) is 2.91. The van der Waals surface area contributed by atoms with Gasteiger partial charge in [-0.15, -0.1) is 0 Å². The van der Waals surface area contributed by atoms with Gasteiger partial charge in [-0.25, -0.2) is 17.5 Å². The molecule has 2 atom stereocenters. The van der Waals surface area contributed by atoms with E-state index in [1.54, 1.807) is 0 Å². The van der Waals surface area contributed by atoms with E-state index in [4.69, 9.17) is 9.47 Å². The summed E-state index contributed by atoms with van der Waals surface area (Å²) in [5.74, 6) is -0.616. The zero-order valence-corrected chi connectivity index (χ0v) is 17.5. The van der Waals surface area contributed by atoms with E-state index in [9.17, 15) is 18.0 Å². The summed E-state index contributed by atoms with van der Waals surface area (Å²) in [6.45, 7) is 1.68. The molecule has 1 aliphatic rings. The van der Waals surface area contributed by atoms with Crippen LogP contribution < -0.4 is 10.1 Å². The Hall–Kier alpha value is -2.13. The molecular weight excluding hydrogens is 384 g/mol. The van der Waals surface area contributed by atoms with Crippen LogP contribution in [0, 0.1) is 5.92 Å². The van der Waals surface area contributed by atoms with Crippen molar-refractivity contribution in [3.05, 3.63) is 23.8 Å². The monoisotopic (exact) mass is 412 g/mol. The van der Waals surface area contributed by atoms with Crippen LogP contribution in [-0.2, 0) is 19.6 Å².